The van der Waals surface area contributed by atoms with Gasteiger partial charge in [-0.1, -0.05) is 12.1 Å². The zero-order valence-electron chi connectivity index (χ0n) is 16.0. The number of nitrogens with zero attached hydrogens (tertiary/aromatic N) is 2. The average Bonchev–Trinajstić information content (AvgIpc) is 2.65. The van der Waals surface area contributed by atoms with Crippen LogP contribution < -0.4 is 10.1 Å². The molecule has 1 N–H and O–H groups in total. The summed E-state index contributed by atoms with van der Waals surface area (Å²) in [6.07, 6.45) is 1.29. The number of hydrogen-bond donors (Lipinski definition) is 1. The third kappa shape index (κ3) is 7.84. The van der Waals surface area contributed by atoms with Crippen LogP contribution in [0.5, 0.6) is 5.75 Å². The summed E-state index contributed by atoms with van der Waals surface area (Å²) in [6, 6.07) is 7.21. The number of methoxy groups -OCH3 is 1. The number of rotatable bonds is 10. The van der Waals surface area contributed by atoms with Crippen LogP contribution in [0.25, 0.3) is 0 Å². The molecule has 0 spiro atoms. The molecule has 0 aliphatic carbocycles. The molecule has 0 unspecified atom stereocenters. The molecule has 1 aromatic carbocycles. The minimum atomic E-state index is -3.41. The molecule has 0 bridgehead atoms. The molecule has 0 aromatic heterocycles. The third-order valence-electron chi connectivity index (χ3n) is 4.43. The molecule has 1 saturated heterocycles. The van der Waals surface area contributed by atoms with Crippen molar-refractivity contribution in [3.63, 3.8) is 0 Å². The van der Waals surface area contributed by atoms with Crippen molar-refractivity contribution in [2.45, 2.75) is 13.0 Å². The van der Waals surface area contributed by atoms with Crippen molar-refractivity contribution in [3.05, 3.63) is 29.8 Å². The number of nitrogens with one attached hydrogen (secondary N) is 1. The molecule has 27 heavy (non-hydrogen) atoms. The highest BCUT2D eigenvalue weighted by atomic mass is 32.2. The van der Waals surface area contributed by atoms with E-state index in [0.717, 1.165) is 44.7 Å². The van der Waals surface area contributed by atoms with Gasteiger partial charge in [0.15, 0.2) is 0 Å². The van der Waals surface area contributed by atoms with Crippen molar-refractivity contribution in [2.24, 2.45) is 0 Å². The summed E-state index contributed by atoms with van der Waals surface area (Å²) in [5, 5.41) is 2.86. The van der Waals surface area contributed by atoms with E-state index in [9.17, 15) is 13.2 Å². The van der Waals surface area contributed by atoms with E-state index in [4.69, 9.17) is 9.47 Å². The SMILES string of the molecule is COc1ccc(CN(CCC(=O)NCCN2CCOCC2)S(C)(=O)=O)cc1. The van der Waals surface area contributed by atoms with Crippen LogP contribution in [-0.4, -0.2) is 82.8 Å². The number of hydrogen-bond acceptors (Lipinski definition) is 6. The zero-order valence-corrected chi connectivity index (χ0v) is 16.8. The molecule has 1 aliphatic heterocycles. The largest absolute Gasteiger partial charge is 0.497 e. The van der Waals surface area contributed by atoms with Crippen LogP contribution in [0, 0.1) is 0 Å². The lowest BCUT2D eigenvalue weighted by Crippen LogP contribution is -2.42. The standard InChI is InChI=1S/C18H29N3O5S/c1-25-17-5-3-16(4-6-17)15-21(27(2,23)24)9-7-18(22)19-8-10-20-11-13-26-14-12-20/h3-6H,7-15H2,1-2H3,(H,19,22). The minimum absolute atomic E-state index is 0.131. The molecule has 9 heteroatoms. The maximum Gasteiger partial charge on any atom is 0.221 e. The fraction of sp³-hybridized carbons (Fsp3) is 0.611. The Morgan fingerprint density at radius 1 is 1.26 bits per heavy atom. The summed E-state index contributed by atoms with van der Waals surface area (Å²) in [5.41, 5.74) is 0.842. The summed E-state index contributed by atoms with van der Waals surface area (Å²) >= 11 is 0. The van der Waals surface area contributed by atoms with Gasteiger partial charge in [-0.3, -0.25) is 9.69 Å². The number of sulfonamides is 1. The van der Waals surface area contributed by atoms with Crippen LogP contribution in [-0.2, 0) is 26.1 Å². The molecule has 2 rings (SSSR count). The fourth-order valence-electron chi connectivity index (χ4n) is 2.79. The Balaban J connectivity index is 1.78. The van der Waals surface area contributed by atoms with Crippen molar-refractivity contribution in [1.82, 2.24) is 14.5 Å². The molecular formula is C18H29N3O5S. The first-order valence-electron chi connectivity index (χ1n) is 9.03. The van der Waals surface area contributed by atoms with Gasteiger partial charge < -0.3 is 14.8 Å². The highest BCUT2D eigenvalue weighted by Gasteiger charge is 2.18. The van der Waals surface area contributed by atoms with E-state index in [-0.39, 0.29) is 25.4 Å². The first-order chi connectivity index (χ1) is 12.9. The number of benzene rings is 1. The van der Waals surface area contributed by atoms with Crippen molar-refractivity contribution >= 4 is 15.9 Å². The lowest BCUT2D eigenvalue weighted by atomic mass is 10.2. The molecule has 1 aliphatic rings. The first-order valence-corrected chi connectivity index (χ1v) is 10.9. The summed E-state index contributed by atoms with van der Waals surface area (Å²) < 4.78 is 35.8. The van der Waals surface area contributed by atoms with Crippen molar-refractivity contribution in [1.29, 1.82) is 0 Å². The van der Waals surface area contributed by atoms with Gasteiger partial charge in [0.2, 0.25) is 15.9 Å². The Kier molecular flexibility index (Phi) is 8.49. The van der Waals surface area contributed by atoms with Gasteiger partial charge >= 0.3 is 0 Å². The van der Waals surface area contributed by atoms with E-state index in [1.807, 2.05) is 12.1 Å². The highest BCUT2D eigenvalue weighted by Crippen LogP contribution is 2.14. The summed E-state index contributed by atoms with van der Waals surface area (Å²) in [7, 11) is -1.83. The first kappa shape index (κ1) is 21.6. The zero-order chi connectivity index (χ0) is 19.7. The smallest absolute Gasteiger partial charge is 0.221 e. The summed E-state index contributed by atoms with van der Waals surface area (Å²) in [4.78, 5) is 14.3. The van der Waals surface area contributed by atoms with Crippen LogP contribution in [0.3, 0.4) is 0 Å². The van der Waals surface area contributed by atoms with Crippen molar-refractivity contribution in [3.8, 4) is 5.75 Å². The molecule has 1 aromatic rings. The number of carbonyl (C=O) groups excluding carboxylic acids is 1. The minimum Gasteiger partial charge on any atom is -0.497 e. The van der Waals surface area contributed by atoms with Crippen LogP contribution in [0.1, 0.15) is 12.0 Å². The van der Waals surface area contributed by atoms with E-state index in [2.05, 4.69) is 10.2 Å². The Morgan fingerprint density at radius 3 is 2.52 bits per heavy atom. The Bertz CT molecular complexity index is 687. The average molecular weight is 400 g/mol. The quantitative estimate of drug-likeness (QED) is 0.609. The summed E-state index contributed by atoms with van der Waals surface area (Å²) in [5.74, 6) is 0.566. The number of carbonyl (C=O) groups is 1. The lowest BCUT2D eigenvalue weighted by molar-refractivity contribution is -0.121. The second-order valence-electron chi connectivity index (χ2n) is 6.50. The van der Waals surface area contributed by atoms with Gasteiger partial charge in [0, 0.05) is 45.7 Å². The van der Waals surface area contributed by atoms with E-state index in [0.29, 0.717) is 12.3 Å². The van der Waals surface area contributed by atoms with Gasteiger partial charge in [-0.15, -0.1) is 0 Å². The Morgan fingerprint density at radius 2 is 1.93 bits per heavy atom. The Hall–Kier alpha value is -1.68. The predicted molar refractivity (Wildman–Crippen MR) is 103 cm³/mol. The van der Waals surface area contributed by atoms with Crippen molar-refractivity contribution < 1.29 is 22.7 Å². The molecule has 1 fully saturated rings. The van der Waals surface area contributed by atoms with E-state index < -0.39 is 10.0 Å². The molecule has 1 heterocycles. The van der Waals surface area contributed by atoms with Crippen LogP contribution in [0.2, 0.25) is 0 Å². The second-order valence-corrected chi connectivity index (χ2v) is 8.48. The monoisotopic (exact) mass is 399 g/mol. The van der Waals surface area contributed by atoms with Crippen molar-refractivity contribution in [2.75, 3.05) is 59.3 Å². The molecule has 0 atom stereocenters. The van der Waals surface area contributed by atoms with E-state index in [1.165, 1.54) is 4.31 Å². The van der Waals surface area contributed by atoms with Crippen LogP contribution in [0.15, 0.2) is 24.3 Å². The third-order valence-corrected chi connectivity index (χ3v) is 5.68. The van der Waals surface area contributed by atoms with E-state index >= 15 is 0 Å². The van der Waals surface area contributed by atoms with E-state index in [1.54, 1.807) is 19.2 Å². The van der Waals surface area contributed by atoms with Gasteiger partial charge in [-0.25, -0.2) is 8.42 Å². The Labute approximate surface area is 161 Å². The lowest BCUT2D eigenvalue weighted by Gasteiger charge is -2.26. The molecular weight excluding hydrogens is 370 g/mol. The number of ether oxygens (including phenoxy) is 2. The topological polar surface area (TPSA) is 88.2 Å². The van der Waals surface area contributed by atoms with Gasteiger partial charge in [0.05, 0.1) is 26.6 Å². The van der Waals surface area contributed by atoms with Gasteiger partial charge in [0.1, 0.15) is 5.75 Å². The normalized spacial score (nSPS) is 15.7. The number of amides is 1. The van der Waals surface area contributed by atoms with Crippen LogP contribution in [0.4, 0.5) is 0 Å². The molecule has 0 saturated carbocycles. The van der Waals surface area contributed by atoms with Gasteiger partial charge in [-0.2, -0.15) is 4.31 Å². The van der Waals surface area contributed by atoms with Gasteiger partial charge in [-0.05, 0) is 17.7 Å². The fourth-order valence-corrected chi connectivity index (χ4v) is 3.60. The molecule has 8 nitrogen and oxygen atoms in total. The summed E-state index contributed by atoms with van der Waals surface area (Å²) in [6.45, 7) is 4.90. The highest BCUT2D eigenvalue weighted by molar-refractivity contribution is 7.88. The number of morpholine rings is 1. The van der Waals surface area contributed by atoms with Crippen LogP contribution >= 0.6 is 0 Å². The molecule has 0 radical (unpaired) electrons. The predicted octanol–water partition coefficient (Wildman–Crippen LogP) is 0.295. The maximum absolute atomic E-state index is 12.1. The maximum atomic E-state index is 12.1. The molecule has 152 valence electrons. The molecule has 1 amide bonds. The van der Waals surface area contributed by atoms with Gasteiger partial charge in [0.25, 0.3) is 0 Å². The second kappa shape index (κ2) is 10.6.